The van der Waals surface area contributed by atoms with Gasteiger partial charge in [-0.1, -0.05) is 45.0 Å². The minimum atomic E-state index is 0.0779. The summed E-state index contributed by atoms with van der Waals surface area (Å²) in [6, 6.07) is 9.74. The third kappa shape index (κ3) is 2.33. The fraction of sp³-hybridized carbons (Fsp3) is 0.684. The van der Waals surface area contributed by atoms with E-state index < -0.39 is 0 Å². The number of hydrogen-bond donors (Lipinski definition) is 1. The van der Waals surface area contributed by atoms with Gasteiger partial charge in [0.1, 0.15) is 0 Å². The molecule has 3 atom stereocenters. The molecule has 1 aromatic rings. The summed E-state index contributed by atoms with van der Waals surface area (Å²) in [7, 11) is 0. The Balaban J connectivity index is 2.07. The zero-order valence-electron chi connectivity index (χ0n) is 13.8. The summed E-state index contributed by atoms with van der Waals surface area (Å²) in [5, 5.41) is 0. The van der Waals surface area contributed by atoms with Gasteiger partial charge >= 0.3 is 0 Å². The van der Waals surface area contributed by atoms with Gasteiger partial charge in [0.25, 0.3) is 0 Å². The highest BCUT2D eigenvalue weighted by atomic mass is 15.3. The van der Waals surface area contributed by atoms with Crippen LogP contribution in [-0.4, -0.2) is 24.0 Å². The molecule has 2 heteroatoms. The molecule has 2 nitrogen and oxygen atoms in total. The van der Waals surface area contributed by atoms with E-state index in [1.807, 2.05) is 0 Å². The van der Waals surface area contributed by atoms with Gasteiger partial charge in [-0.2, -0.15) is 0 Å². The average molecular weight is 286 g/mol. The summed E-state index contributed by atoms with van der Waals surface area (Å²) in [6.45, 7) is 9.06. The minimum absolute atomic E-state index is 0.0779. The van der Waals surface area contributed by atoms with E-state index in [0.717, 1.165) is 6.54 Å². The number of rotatable bonds is 3. The van der Waals surface area contributed by atoms with Gasteiger partial charge in [-0.15, -0.1) is 0 Å². The predicted octanol–water partition coefficient (Wildman–Crippen LogP) is 3.86. The molecule has 3 rings (SSSR count). The zero-order valence-corrected chi connectivity index (χ0v) is 13.8. The largest absolute Gasteiger partial charge is 0.328 e. The number of nitrogens with two attached hydrogens (primary N) is 1. The van der Waals surface area contributed by atoms with Crippen LogP contribution in [0.25, 0.3) is 0 Å². The number of hydrogen-bond acceptors (Lipinski definition) is 2. The molecule has 1 saturated heterocycles. The molecule has 21 heavy (non-hydrogen) atoms. The van der Waals surface area contributed by atoms with Gasteiger partial charge in [-0.25, -0.2) is 0 Å². The maximum absolute atomic E-state index is 6.40. The lowest BCUT2D eigenvalue weighted by molar-refractivity contribution is 0.0401. The van der Waals surface area contributed by atoms with E-state index in [2.05, 4.69) is 49.9 Å². The number of benzene rings is 1. The summed E-state index contributed by atoms with van der Waals surface area (Å²) in [5.41, 5.74) is 9.52. The van der Waals surface area contributed by atoms with E-state index in [9.17, 15) is 0 Å². The molecule has 1 aliphatic heterocycles. The van der Waals surface area contributed by atoms with Crippen molar-refractivity contribution in [2.45, 2.75) is 64.0 Å². The number of nitrogens with zero attached hydrogens (tertiary/aromatic N) is 1. The van der Waals surface area contributed by atoms with Crippen LogP contribution in [0.3, 0.4) is 0 Å². The SMILES string of the molecule is CC1CCC(CN)(N2CCCC2C(C)C)c2ccccc21. The minimum Gasteiger partial charge on any atom is -0.328 e. The molecule has 0 radical (unpaired) electrons. The Morgan fingerprint density at radius 3 is 2.76 bits per heavy atom. The first kappa shape index (κ1) is 15.1. The monoisotopic (exact) mass is 286 g/mol. The van der Waals surface area contributed by atoms with Crippen molar-refractivity contribution in [1.29, 1.82) is 0 Å². The Bertz CT molecular complexity index is 496. The molecule has 0 amide bonds. The molecule has 1 aliphatic carbocycles. The lowest BCUT2D eigenvalue weighted by Gasteiger charge is -2.50. The first-order valence-electron chi connectivity index (χ1n) is 8.66. The van der Waals surface area contributed by atoms with Gasteiger partial charge in [0.05, 0.1) is 5.54 Å². The summed E-state index contributed by atoms with van der Waals surface area (Å²) in [4.78, 5) is 2.77. The second-order valence-electron chi connectivity index (χ2n) is 7.41. The van der Waals surface area contributed by atoms with Crippen molar-refractivity contribution in [2.24, 2.45) is 11.7 Å². The van der Waals surface area contributed by atoms with E-state index in [1.165, 1.54) is 43.4 Å². The molecular weight excluding hydrogens is 256 g/mol. The standard InChI is InChI=1S/C19H30N2/c1-14(2)18-9-6-12-21(18)19(13-20)11-10-15(3)16-7-4-5-8-17(16)19/h4-5,7-8,14-15,18H,6,9-13,20H2,1-3H3. The van der Waals surface area contributed by atoms with Crippen LogP contribution in [-0.2, 0) is 5.54 Å². The van der Waals surface area contributed by atoms with Gasteiger partial charge in [-0.3, -0.25) is 4.90 Å². The molecule has 0 aromatic heterocycles. The van der Waals surface area contributed by atoms with Gasteiger partial charge in [0.2, 0.25) is 0 Å². The quantitative estimate of drug-likeness (QED) is 0.914. The van der Waals surface area contributed by atoms with E-state index >= 15 is 0 Å². The van der Waals surface area contributed by atoms with E-state index in [4.69, 9.17) is 5.73 Å². The summed E-state index contributed by atoms with van der Waals surface area (Å²) >= 11 is 0. The Labute approximate surface area is 129 Å². The zero-order chi connectivity index (χ0) is 15.0. The highest BCUT2D eigenvalue weighted by molar-refractivity contribution is 5.39. The van der Waals surface area contributed by atoms with E-state index in [1.54, 1.807) is 0 Å². The Kier molecular flexibility index (Phi) is 4.11. The molecule has 1 heterocycles. The molecule has 116 valence electrons. The molecule has 1 aromatic carbocycles. The van der Waals surface area contributed by atoms with Crippen molar-refractivity contribution in [1.82, 2.24) is 4.90 Å². The molecule has 0 bridgehead atoms. The van der Waals surface area contributed by atoms with E-state index in [0.29, 0.717) is 17.9 Å². The smallest absolute Gasteiger partial charge is 0.0589 e. The van der Waals surface area contributed by atoms with Crippen molar-refractivity contribution in [3.63, 3.8) is 0 Å². The van der Waals surface area contributed by atoms with Gasteiger partial charge in [0, 0.05) is 12.6 Å². The van der Waals surface area contributed by atoms with Crippen LogP contribution in [0.1, 0.15) is 63.5 Å². The highest BCUT2D eigenvalue weighted by Gasteiger charge is 2.46. The topological polar surface area (TPSA) is 29.3 Å². The van der Waals surface area contributed by atoms with Crippen LogP contribution >= 0.6 is 0 Å². The maximum atomic E-state index is 6.40. The third-order valence-corrected chi connectivity index (χ3v) is 5.94. The fourth-order valence-corrected chi connectivity index (χ4v) is 4.74. The molecule has 1 fully saturated rings. The molecule has 0 spiro atoms. The number of likely N-dealkylation sites (tertiary alicyclic amines) is 1. The molecule has 2 aliphatic rings. The Morgan fingerprint density at radius 2 is 2.05 bits per heavy atom. The van der Waals surface area contributed by atoms with Crippen LogP contribution in [0.2, 0.25) is 0 Å². The van der Waals surface area contributed by atoms with Gasteiger partial charge in [-0.05, 0) is 55.2 Å². The van der Waals surface area contributed by atoms with Crippen LogP contribution in [0.4, 0.5) is 0 Å². The van der Waals surface area contributed by atoms with Crippen molar-refractivity contribution in [3.05, 3.63) is 35.4 Å². The van der Waals surface area contributed by atoms with Crippen LogP contribution < -0.4 is 5.73 Å². The molecular formula is C19H30N2. The Morgan fingerprint density at radius 1 is 1.29 bits per heavy atom. The van der Waals surface area contributed by atoms with Crippen LogP contribution in [0, 0.1) is 5.92 Å². The molecule has 0 saturated carbocycles. The van der Waals surface area contributed by atoms with Crippen LogP contribution in [0.5, 0.6) is 0 Å². The summed E-state index contributed by atoms with van der Waals surface area (Å²) in [5.74, 6) is 1.38. The van der Waals surface area contributed by atoms with Crippen LogP contribution in [0.15, 0.2) is 24.3 Å². The summed E-state index contributed by atoms with van der Waals surface area (Å²) < 4.78 is 0. The van der Waals surface area contributed by atoms with Crippen molar-refractivity contribution < 1.29 is 0 Å². The first-order valence-corrected chi connectivity index (χ1v) is 8.66. The molecule has 2 N–H and O–H groups in total. The lowest BCUT2D eigenvalue weighted by atomic mass is 9.71. The fourth-order valence-electron chi connectivity index (χ4n) is 4.74. The summed E-state index contributed by atoms with van der Waals surface area (Å²) in [6.07, 6.45) is 5.12. The van der Waals surface area contributed by atoms with Gasteiger partial charge in [0.15, 0.2) is 0 Å². The maximum Gasteiger partial charge on any atom is 0.0589 e. The predicted molar refractivity (Wildman–Crippen MR) is 89.4 cm³/mol. The Hall–Kier alpha value is -0.860. The first-order chi connectivity index (χ1) is 10.1. The van der Waals surface area contributed by atoms with E-state index in [-0.39, 0.29) is 5.54 Å². The lowest BCUT2D eigenvalue weighted by Crippen LogP contribution is -2.56. The molecule has 3 unspecified atom stereocenters. The van der Waals surface area contributed by atoms with Crippen molar-refractivity contribution in [3.8, 4) is 0 Å². The van der Waals surface area contributed by atoms with Crippen molar-refractivity contribution >= 4 is 0 Å². The third-order valence-electron chi connectivity index (χ3n) is 5.94. The second kappa shape index (κ2) is 5.73. The van der Waals surface area contributed by atoms with Crippen molar-refractivity contribution in [2.75, 3.05) is 13.1 Å². The van der Waals surface area contributed by atoms with Gasteiger partial charge < -0.3 is 5.73 Å². The normalized spacial score (nSPS) is 33.4. The average Bonchev–Trinajstić information content (AvgIpc) is 2.99. The second-order valence-corrected chi connectivity index (χ2v) is 7.41. The number of fused-ring (bicyclic) bond motifs is 1. The highest BCUT2D eigenvalue weighted by Crippen LogP contribution is 2.47.